The summed E-state index contributed by atoms with van der Waals surface area (Å²) in [6.07, 6.45) is 0. The molecular formula is C26H22N6O. The number of amides is 1. The van der Waals surface area contributed by atoms with Crippen LogP contribution < -0.4 is 16.0 Å². The molecule has 4 rings (SSSR count). The van der Waals surface area contributed by atoms with Gasteiger partial charge in [-0.25, -0.2) is 4.98 Å². The van der Waals surface area contributed by atoms with Crippen LogP contribution in [0.4, 0.5) is 28.8 Å². The van der Waals surface area contributed by atoms with Gasteiger partial charge in [0.05, 0.1) is 11.6 Å². The second kappa shape index (κ2) is 9.62. The van der Waals surface area contributed by atoms with Crippen molar-refractivity contribution in [3.63, 3.8) is 0 Å². The van der Waals surface area contributed by atoms with Gasteiger partial charge >= 0.3 is 0 Å². The van der Waals surface area contributed by atoms with Crippen LogP contribution in [0.15, 0.2) is 78.9 Å². The molecule has 7 nitrogen and oxygen atoms in total. The van der Waals surface area contributed by atoms with Crippen LogP contribution in [0.25, 0.3) is 0 Å². The molecule has 1 aromatic heterocycles. The van der Waals surface area contributed by atoms with Gasteiger partial charge in [-0.2, -0.15) is 10.2 Å². The zero-order valence-corrected chi connectivity index (χ0v) is 18.3. The molecule has 0 aliphatic carbocycles. The van der Waals surface area contributed by atoms with E-state index in [1.54, 1.807) is 24.3 Å². The minimum atomic E-state index is -0.238. The van der Waals surface area contributed by atoms with Gasteiger partial charge in [0.15, 0.2) is 0 Å². The molecule has 33 heavy (non-hydrogen) atoms. The molecule has 1 amide bonds. The fraction of sp³-hybridized carbons (Fsp3) is 0.0769. The van der Waals surface area contributed by atoms with Crippen molar-refractivity contribution >= 4 is 34.7 Å². The number of rotatable bonds is 6. The normalized spacial score (nSPS) is 10.2. The highest BCUT2D eigenvalue weighted by molar-refractivity contribution is 6.04. The third-order valence-corrected chi connectivity index (χ3v) is 4.85. The van der Waals surface area contributed by atoms with Crippen LogP contribution in [0.5, 0.6) is 0 Å². The number of benzene rings is 3. The molecule has 7 heteroatoms. The molecule has 0 spiro atoms. The highest BCUT2D eigenvalue weighted by atomic mass is 16.1. The van der Waals surface area contributed by atoms with Gasteiger partial charge in [0.25, 0.3) is 5.91 Å². The average Bonchev–Trinajstić information content (AvgIpc) is 2.81. The van der Waals surface area contributed by atoms with Crippen LogP contribution in [-0.4, -0.2) is 15.9 Å². The summed E-state index contributed by atoms with van der Waals surface area (Å²) >= 11 is 0. The standard InChI is InChI=1S/C26H22N6O/c1-17-3-9-23(10-4-17)31-26-28-18(2)15-24(32-26)29-21-11-13-22(14-12-21)30-25(33)20-7-5-19(16-27)6-8-20/h3-15H,1-2H3,(H,30,33)(H2,28,29,31,32). The SMILES string of the molecule is Cc1ccc(Nc2nc(C)cc(Nc3ccc(NC(=O)c4ccc(C#N)cc4)cc3)n2)cc1. The molecule has 0 atom stereocenters. The molecular weight excluding hydrogens is 412 g/mol. The fourth-order valence-electron chi connectivity index (χ4n) is 3.14. The number of carbonyl (C=O) groups excluding carboxylic acids is 1. The Morgan fingerprint density at radius 2 is 1.39 bits per heavy atom. The molecule has 0 saturated carbocycles. The maximum Gasteiger partial charge on any atom is 0.255 e. The summed E-state index contributed by atoms with van der Waals surface area (Å²) in [7, 11) is 0. The Labute approximate surface area is 192 Å². The van der Waals surface area contributed by atoms with E-state index >= 15 is 0 Å². The van der Waals surface area contributed by atoms with Gasteiger partial charge in [-0.05, 0) is 74.5 Å². The molecule has 0 bridgehead atoms. The molecule has 3 N–H and O–H groups in total. The van der Waals surface area contributed by atoms with Gasteiger partial charge in [0.1, 0.15) is 5.82 Å². The fourth-order valence-corrected chi connectivity index (χ4v) is 3.14. The van der Waals surface area contributed by atoms with Crippen molar-refractivity contribution < 1.29 is 4.79 Å². The first-order chi connectivity index (χ1) is 16.0. The summed E-state index contributed by atoms with van der Waals surface area (Å²) in [5.74, 6) is 0.928. The number of hydrogen-bond acceptors (Lipinski definition) is 6. The highest BCUT2D eigenvalue weighted by Gasteiger charge is 2.07. The molecule has 162 valence electrons. The first kappa shape index (κ1) is 21.5. The van der Waals surface area contributed by atoms with Crippen molar-refractivity contribution in [1.82, 2.24) is 9.97 Å². The minimum absolute atomic E-state index is 0.238. The van der Waals surface area contributed by atoms with Crippen molar-refractivity contribution in [2.75, 3.05) is 16.0 Å². The van der Waals surface area contributed by atoms with Crippen molar-refractivity contribution in [1.29, 1.82) is 5.26 Å². The van der Waals surface area contributed by atoms with E-state index in [0.29, 0.717) is 28.6 Å². The van der Waals surface area contributed by atoms with Gasteiger partial charge in [-0.3, -0.25) is 4.79 Å². The van der Waals surface area contributed by atoms with E-state index in [2.05, 4.69) is 25.9 Å². The Morgan fingerprint density at radius 3 is 2.06 bits per heavy atom. The number of nitrogens with one attached hydrogen (secondary N) is 3. The Balaban J connectivity index is 1.42. The molecule has 0 fully saturated rings. The smallest absolute Gasteiger partial charge is 0.255 e. The van der Waals surface area contributed by atoms with Crippen LogP contribution in [0.1, 0.15) is 27.2 Å². The number of nitrogens with zero attached hydrogens (tertiary/aromatic N) is 3. The van der Waals surface area contributed by atoms with Crippen LogP contribution in [0.3, 0.4) is 0 Å². The first-order valence-corrected chi connectivity index (χ1v) is 10.4. The Hall–Kier alpha value is -4.70. The molecule has 0 unspecified atom stereocenters. The van der Waals surface area contributed by atoms with E-state index in [1.807, 2.05) is 74.5 Å². The third-order valence-electron chi connectivity index (χ3n) is 4.85. The van der Waals surface area contributed by atoms with E-state index in [9.17, 15) is 4.79 Å². The van der Waals surface area contributed by atoms with Crippen molar-refractivity contribution in [2.24, 2.45) is 0 Å². The molecule has 1 heterocycles. The number of carbonyl (C=O) groups is 1. The summed E-state index contributed by atoms with van der Waals surface area (Å²) in [5, 5.41) is 18.2. The molecule has 0 aliphatic heterocycles. The first-order valence-electron chi connectivity index (χ1n) is 10.4. The van der Waals surface area contributed by atoms with E-state index in [-0.39, 0.29) is 5.91 Å². The lowest BCUT2D eigenvalue weighted by Crippen LogP contribution is -2.11. The molecule has 0 aliphatic rings. The summed E-state index contributed by atoms with van der Waals surface area (Å²) in [5.41, 5.74) is 5.42. The second-order valence-corrected chi connectivity index (χ2v) is 7.55. The Kier molecular flexibility index (Phi) is 6.28. The number of anilines is 5. The second-order valence-electron chi connectivity index (χ2n) is 7.55. The summed E-state index contributed by atoms with van der Waals surface area (Å²) in [6, 6.07) is 25.8. The molecule has 0 radical (unpaired) electrons. The van der Waals surface area contributed by atoms with Crippen molar-refractivity contribution in [3.8, 4) is 6.07 Å². The maximum atomic E-state index is 12.4. The van der Waals surface area contributed by atoms with Gasteiger partial charge in [0, 0.05) is 34.4 Å². The number of aryl methyl sites for hydroxylation is 2. The Morgan fingerprint density at radius 1 is 0.788 bits per heavy atom. The number of hydrogen-bond donors (Lipinski definition) is 3. The van der Waals surface area contributed by atoms with Crippen LogP contribution in [0, 0.1) is 25.2 Å². The summed E-state index contributed by atoms with van der Waals surface area (Å²) in [6.45, 7) is 3.95. The lowest BCUT2D eigenvalue weighted by molar-refractivity contribution is 0.102. The van der Waals surface area contributed by atoms with Crippen molar-refractivity contribution in [2.45, 2.75) is 13.8 Å². The van der Waals surface area contributed by atoms with E-state index in [4.69, 9.17) is 5.26 Å². The average molecular weight is 435 g/mol. The van der Waals surface area contributed by atoms with E-state index in [1.165, 1.54) is 5.56 Å². The zero-order chi connectivity index (χ0) is 23.2. The molecule has 3 aromatic carbocycles. The van der Waals surface area contributed by atoms with Gasteiger partial charge in [0.2, 0.25) is 5.95 Å². The summed E-state index contributed by atoms with van der Waals surface area (Å²) in [4.78, 5) is 21.4. The lowest BCUT2D eigenvalue weighted by atomic mass is 10.1. The van der Waals surface area contributed by atoms with E-state index < -0.39 is 0 Å². The number of nitriles is 1. The third kappa shape index (κ3) is 5.71. The quantitative estimate of drug-likeness (QED) is 0.359. The number of aromatic nitrogens is 2. The molecule has 4 aromatic rings. The van der Waals surface area contributed by atoms with Crippen LogP contribution in [-0.2, 0) is 0 Å². The monoisotopic (exact) mass is 434 g/mol. The van der Waals surface area contributed by atoms with Gasteiger partial charge in [-0.15, -0.1) is 0 Å². The van der Waals surface area contributed by atoms with Crippen molar-refractivity contribution in [3.05, 3.63) is 101 Å². The summed E-state index contributed by atoms with van der Waals surface area (Å²) < 4.78 is 0. The predicted molar refractivity (Wildman–Crippen MR) is 130 cm³/mol. The largest absolute Gasteiger partial charge is 0.340 e. The predicted octanol–water partition coefficient (Wildman–Crippen LogP) is 5.70. The van der Waals surface area contributed by atoms with E-state index in [0.717, 1.165) is 17.1 Å². The maximum absolute atomic E-state index is 12.4. The topological polar surface area (TPSA) is 103 Å². The van der Waals surface area contributed by atoms with Crippen LogP contribution >= 0.6 is 0 Å². The lowest BCUT2D eigenvalue weighted by Gasteiger charge is -2.11. The molecule has 0 saturated heterocycles. The Bertz CT molecular complexity index is 1310. The van der Waals surface area contributed by atoms with Crippen LogP contribution in [0.2, 0.25) is 0 Å². The minimum Gasteiger partial charge on any atom is -0.340 e. The zero-order valence-electron chi connectivity index (χ0n) is 18.3. The highest BCUT2D eigenvalue weighted by Crippen LogP contribution is 2.21. The van der Waals surface area contributed by atoms with Gasteiger partial charge in [-0.1, -0.05) is 17.7 Å². The van der Waals surface area contributed by atoms with Gasteiger partial charge < -0.3 is 16.0 Å².